The number of benzene rings is 3. The van der Waals surface area contributed by atoms with Gasteiger partial charge < -0.3 is 19.9 Å². The van der Waals surface area contributed by atoms with Crippen LogP contribution in [0.25, 0.3) is 10.9 Å². The summed E-state index contributed by atoms with van der Waals surface area (Å²) in [4.78, 5) is 13.2. The van der Waals surface area contributed by atoms with Crippen LogP contribution in [0, 0.1) is 6.92 Å². The highest BCUT2D eigenvalue weighted by molar-refractivity contribution is 6.08. The van der Waals surface area contributed by atoms with Crippen LogP contribution in [0.5, 0.6) is 5.75 Å². The van der Waals surface area contributed by atoms with E-state index in [2.05, 4.69) is 58.5 Å². The van der Waals surface area contributed by atoms with E-state index >= 15 is 0 Å². The number of hydrogen-bond acceptors (Lipinski definition) is 3. The fourth-order valence-electron chi connectivity index (χ4n) is 5.21. The van der Waals surface area contributed by atoms with Gasteiger partial charge >= 0.3 is 0 Å². The monoisotopic (exact) mass is 467 g/mol. The van der Waals surface area contributed by atoms with E-state index < -0.39 is 0 Å². The summed E-state index contributed by atoms with van der Waals surface area (Å²) in [6, 6.07) is 23.4. The molecule has 5 nitrogen and oxygen atoms in total. The highest BCUT2D eigenvalue weighted by Crippen LogP contribution is 2.30. The SMILES string of the molecule is COc1cccc2c(C(=O)NCc3cccc(C)c3)cn(CCCNC3Cc4ccccc4C3)c12. The molecule has 5 rings (SSSR count). The van der Waals surface area contributed by atoms with E-state index in [1.807, 2.05) is 36.5 Å². The molecule has 0 radical (unpaired) electrons. The number of carbonyl (C=O) groups excluding carboxylic acids is 1. The van der Waals surface area contributed by atoms with Crippen molar-refractivity contribution in [2.75, 3.05) is 13.7 Å². The second-order valence-corrected chi connectivity index (χ2v) is 9.45. The summed E-state index contributed by atoms with van der Waals surface area (Å²) < 4.78 is 7.83. The Morgan fingerprint density at radius 1 is 1.03 bits per heavy atom. The average molecular weight is 468 g/mol. The average Bonchev–Trinajstić information content (AvgIpc) is 3.46. The molecule has 1 heterocycles. The van der Waals surface area contributed by atoms with Crippen molar-refractivity contribution >= 4 is 16.8 Å². The lowest BCUT2D eigenvalue weighted by molar-refractivity contribution is 0.0952. The molecule has 0 saturated heterocycles. The first-order valence-electron chi connectivity index (χ1n) is 12.4. The zero-order valence-electron chi connectivity index (χ0n) is 20.5. The molecule has 0 fully saturated rings. The van der Waals surface area contributed by atoms with Gasteiger partial charge in [-0.1, -0.05) is 66.2 Å². The van der Waals surface area contributed by atoms with Crippen molar-refractivity contribution in [3.8, 4) is 5.75 Å². The van der Waals surface area contributed by atoms with Gasteiger partial charge in [-0.2, -0.15) is 0 Å². The van der Waals surface area contributed by atoms with Crippen molar-refractivity contribution in [3.63, 3.8) is 0 Å². The molecule has 5 heteroatoms. The molecule has 1 aromatic heterocycles. The molecule has 4 aromatic rings. The lowest BCUT2D eigenvalue weighted by Gasteiger charge is -2.13. The number of aromatic nitrogens is 1. The molecule has 0 aliphatic heterocycles. The van der Waals surface area contributed by atoms with Crippen molar-refractivity contribution in [2.45, 2.75) is 45.3 Å². The lowest BCUT2D eigenvalue weighted by atomic mass is 10.1. The molecule has 2 N–H and O–H groups in total. The van der Waals surface area contributed by atoms with Crippen molar-refractivity contribution in [1.29, 1.82) is 0 Å². The van der Waals surface area contributed by atoms with Crippen LogP contribution < -0.4 is 15.4 Å². The summed E-state index contributed by atoms with van der Waals surface area (Å²) in [6.45, 7) is 4.31. The maximum absolute atomic E-state index is 13.2. The molecule has 0 saturated carbocycles. The van der Waals surface area contributed by atoms with Crippen molar-refractivity contribution in [3.05, 3.63) is 101 Å². The van der Waals surface area contributed by atoms with E-state index in [0.717, 1.165) is 54.6 Å². The number of rotatable bonds is 9. The van der Waals surface area contributed by atoms with Crippen LogP contribution >= 0.6 is 0 Å². The molecule has 0 bridgehead atoms. The van der Waals surface area contributed by atoms with Gasteiger partial charge in [0.05, 0.1) is 18.2 Å². The molecule has 0 atom stereocenters. The standard InChI is InChI=1S/C30H33N3O2/c1-21-8-5-9-22(16-21)19-32-30(34)27-20-33(29-26(27)12-6-13-28(29)35-2)15-7-14-31-25-17-23-10-3-4-11-24(23)18-25/h3-6,8-13,16,20,25,31H,7,14-15,17-19H2,1-2H3,(H,32,34). The highest BCUT2D eigenvalue weighted by Gasteiger charge is 2.21. The normalized spacial score (nSPS) is 13.2. The van der Waals surface area contributed by atoms with Gasteiger partial charge in [-0.25, -0.2) is 0 Å². The second-order valence-electron chi connectivity index (χ2n) is 9.45. The Bertz CT molecular complexity index is 1320. The Hall–Kier alpha value is -3.57. The number of fused-ring (bicyclic) bond motifs is 2. The second kappa shape index (κ2) is 10.4. The lowest BCUT2D eigenvalue weighted by Crippen LogP contribution is -2.30. The van der Waals surface area contributed by atoms with Crippen LogP contribution in [-0.2, 0) is 25.9 Å². The van der Waals surface area contributed by atoms with Crippen molar-refractivity contribution in [1.82, 2.24) is 15.2 Å². The summed E-state index contributed by atoms with van der Waals surface area (Å²) >= 11 is 0. The quantitative estimate of drug-likeness (QED) is 0.339. The number of amides is 1. The molecule has 0 unspecified atom stereocenters. The van der Waals surface area contributed by atoms with Gasteiger partial charge in [0.1, 0.15) is 5.75 Å². The number of aryl methyl sites for hydroxylation is 2. The first kappa shape index (κ1) is 23.2. The summed E-state index contributed by atoms with van der Waals surface area (Å²) in [5, 5.41) is 7.74. The zero-order valence-corrected chi connectivity index (χ0v) is 20.5. The number of para-hydroxylation sites is 1. The van der Waals surface area contributed by atoms with Crippen molar-refractivity contribution < 1.29 is 9.53 Å². The topological polar surface area (TPSA) is 55.3 Å². The largest absolute Gasteiger partial charge is 0.495 e. The van der Waals surface area contributed by atoms with E-state index in [1.54, 1.807) is 7.11 Å². The fraction of sp³-hybridized carbons (Fsp3) is 0.300. The minimum atomic E-state index is -0.0645. The molecule has 1 amide bonds. The van der Waals surface area contributed by atoms with Gasteiger partial charge in [0.2, 0.25) is 0 Å². The van der Waals surface area contributed by atoms with Crippen molar-refractivity contribution in [2.24, 2.45) is 0 Å². The van der Waals surface area contributed by atoms with Gasteiger partial charge in [-0.3, -0.25) is 4.79 Å². The van der Waals surface area contributed by atoms with Crippen LogP contribution in [0.4, 0.5) is 0 Å². The number of ether oxygens (including phenoxy) is 1. The van der Waals surface area contributed by atoms with Gasteiger partial charge in [0.25, 0.3) is 5.91 Å². The number of methoxy groups -OCH3 is 1. The van der Waals surface area contributed by atoms with Gasteiger partial charge in [0.15, 0.2) is 0 Å². The Morgan fingerprint density at radius 3 is 2.54 bits per heavy atom. The first-order valence-corrected chi connectivity index (χ1v) is 12.4. The Kier molecular flexibility index (Phi) is 6.87. The van der Waals surface area contributed by atoms with E-state index in [-0.39, 0.29) is 5.91 Å². The third-order valence-electron chi connectivity index (χ3n) is 6.92. The molecule has 1 aliphatic rings. The van der Waals surface area contributed by atoms with E-state index in [9.17, 15) is 4.79 Å². The molecular formula is C30H33N3O2. The summed E-state index contributed by atoms with van der Waals surface area (Å²) in [7, 11) is 1.68. The first-order chi connectivity index (χ1) is 17.1. The number of hydrogen-bond donors (Lipinski definition) is 2. The molecule has 35 heavy (non-hydrogen) atoms. The van der Waals surface area contributed by atoms with Gasteiger partial charge in [-0.15, -0.1) is 0 Å². The van der Waals surface area contributed by atoms with Crippen LogP contribution in [0.1, 0.15) is 39.0 Å². The van der Waals surface area contributed by atoms with Crippen LogP contribution in [0.3, 0.4) is 0 Å². The van der Waals surface area contributed by atoms with Crippen LogP contribution in [0.15, 0.2) is 72.9 Å². The maximum atomic E-state index is 13.2. The summed E-state index contributed by atoms with van der Waals surface area (Å²) in [5.74, 6) is 0.727. The molecule has 0 spiro atoms. The maximum Gasteiger partial charge on any atom is 0.253 e. The predicted molar refractivity (Wildman–Crippen MR) is 141 cm³/mol. The van der Waals surface area contributed by atoms with Gasteiger partial charge in [0, 0.05) is 30.7 Å². The molecular weight excluding hydrogens is 434 g/mol. The fourth-order valence-corrected chi connectivity index (χ4v) is 5.21. The zero-order chi connectivity index (χ0) is 24.2. The third-order valence-corrected chi connectivity index (χ3v) is 6.92. The number of carbonyl (C=O) groups is 1. The Balaban J connectivity index is 1.26. The third kappa shape index (κ3) is 5.10. The minimum Gasteiger partial charge on any atom is -0.495 e. The van der Waals surface area contributed by atoms with Crippen LogP contribution in [-0.4, -0.2) is 30.2 Å². The molecule has 1 aliphatic carbocycles. The Morgan fingerprint density at radius 2 is 1.80 bits per heavy atom. The van der Waals surface area contributed by atoms with Gasteiger partial charge in [-0.05, 0) is 55.5 Å². The number of nitrogens with one attached hydrogen (secondary N) is 2. The van der Waals surface area contributed by atoms with Crippen LogP contribution in [0.2, 0.25) is 0 Å². The summed E-state index contributed by atoms with van der Waals surface area (Å²) in [5.41, 5.74) is 6.88. The van der Waals surface area contributed by atoms with E-state index in [1.165, 1.54) is 16.7 Å². The summed E-state index contributed by atoms with van der Waals surface area (Å²) in [6.07, 6.45) is 5.15. The molecule has 3 aromatic carbocycles. The number of nitrogens with zero attached hydrogens (tertiary/aromatic N) is 1. The van der Waals surface area contributed by atoms with E-state index in [0.29, 0.717) is 18.2 Å². The smallest absolute Gasteiger partial charge is 0.253 e. The highest BCUT2D eigenvalue weighted by atomic mass is 16.5. The predicted octanol–water partition coefficient (Wildman–Crippen LogP) is 5.04. The Labute approximate surface area is 207 Å². The minimum absolute atomic E-state index is 0.0645. The molecule has 180 valence electrons. The van der Waals surface area contributed by atoms with E-state index in [4.69, 9.17) is 4.74 Å².